The van der Waals surface area contributed by atoms with Gasteiger partial charge in [-0.2, -0.15) is 5.10 Å². The lowest BCUT2D eigenvalue weighted by molar-refractivity contribution is 0.0941. The summed E-state index contributed by atoms with van der Waals surface area (Å²) in [6, 6.07) is 16.3. The van der Waals surface area contributed by atoms with Crippen molar-refractivity contribution in [2.24, 2.45) is 0 Å². The average Bonchev–Trinajstić information content (AvgIpc) is 3.16. The molecule has 1 aromatic heterocycles. The fourth-order valence-corrected chi connectivity index (χ4v) is 2.59. The van der Waals surface area contributed by atoms with Gasteiger partial charge in [-0.05, 0) is 30.3 Å². The van der Waals surface area contributed by atoms with Gasteiger partial charge in [-0.25, -0.2) is 4.68 Å². The van der Waals surface area contributed by atoms with Crippen LogP contribution in [-0.2, 0) is 0 Å². The van der Waals surface area contributed by atoms with Crippen molar-refractivity contribution in [3.63, 3.8) is 0 Å². The van der Waals surface area contributed by atoms with Crippen LogP contribution in [0.1, 0.15) is 10.5 Å². The summed E-state index contributed by atoms with van der Waals surface area (Å²) in [6.07, 6.45) is 1.70. The third kappa shape index (κ3) is 4.15. The lowest BCUT2D eigenvalue weighted by Crippen LogP contribution is -2.28. The fourth-order valence-electron chi connectivity index (χ4n) is 2.37. The van der Waals surface area contributed by atoms with Gasteiger partial charge in [-0.15, -0.1) is 0 Å². The van der Waals surface area contributed by atoms with Crippen molar-refractivity contribution in [1.82, 2.24) is 15.1 Å². The molecular weight excluding hydrogens is 354 g/mol. The number of carbonyl (C=O) groups excluding carboxylic acids is 1. The van der Waals surface area contributed by atoms with E-state index >= 15 is 0 Å². The fraction of sp³-hybridized carbons (Fsp3) is 0.158. The van der Waals surface area contributed by atoms with Crippen molar-refractivity contribution < 1.29 is 14.3 Å². The Labute approximate surface area is 156 Å². The Kier molecular flexibility index (Phi) is 5.76. The molecule has 0 unspecified atom stereocenters. The van der Waals surface area contributed by atoms with Gasteiger partial charge in [0, 0.05) is 6.20 Å². The van der Waals surface area contributed by atoms with Gasteiger partial charge in [0.05, 0.1) is 24.4 Å². The highest BCUT2D eigenvalue weighted by Crippen LogP contribution is 2.25. The first kappa shape index (κ1) is 17.8. The number of aromatic nitrogens is 2. The number of carbonyl (C=O) groups is 1. The highest BCUT2D eigenvalue weighted by atomic mass is 35.5. The van der Waals surface area contributed by atoms with Crippen LogP contribution in [0.25, 0.3) is 5.69 Å². The number of benzene rings is 2. The quantitative estimate of drug-likeness (QED) is 0.647. The summed E-state index contributed by atoms with van der Waals surface area (Å²) in [5.74, 6) is 1.00. The van der Waals surface area contributed by atoms with Gasteiger partial charge in [-0.1, -0.05) is 35.9 Å². The predicted octanol–water partition coefficient (Wildman–Crippen LogP) is 3.34. The Morgan fingerprint density at radius 2 is 1.85 bits per heavy atom. The molecule has 7 heteroatoms. The van der Waals surface area contributed by atoms with Crippen molar-refractivity contribution in [1.29, 1.82) is 0 Å². The van der Waals surface area contributed by atoms with E-state index in [1.165, 1.54) is 0 Å². The van der Waals surface area contributed by atoms with E-state index in [4.69, 9.17) is 21.1 Å². The number of para-hydroxylation sites is 3. The molecule has 0 radical (unpaired) electrons. The highest BCUT2D eigenvalue weighted by molar-refractivity contribution is 6.32. The second-order valence-electron chi connectivity index (χ2n) is 5.35. The van der Waals surface area contributed by atoms with Crippen molar-refractivity contribution in [2.45, 2.75) is 0 Å². The molecule has 1 N–H and O–H groups in total. The molecule has 134 valence electrons. The minimum absolute atomic E-state index is 0.278. The molecule has 26 heavy (non-hydrogen) atoms. The van der Waals surface area contributed by atoms with Crippen LogP contribution in [0.15, 0.2) is 60.8 Å². The molecule has 1 amide bonds. The molecule has 0 aliphatic rings. The first-order valence-corrected chi connectivity index (χ1v) is 8.41. The second kappa shape index (κ2) is 8.40. The minimum Gasteiger partial charge on any atom is -0.493 e. The Bertz CT molecular complexity index is 895. The van der Waals surface area contributed by atoms with Crippen LogP contribution in [0.3, 0.4) is 0 Å². The average molecular weight is 372 g/mol. The summed E-state index contributed by atoms with van der Waals surface area (Å²) in [6.45, 7) is 0.660. The molecule has 3 aromatic rings. The number of halogens is 1. The van der Waals surface area contributed by atoms with Crippen LogP contribution >= 0.6 is 11.6 Å². The Morgan fingerprint density at radius 3 is 2.62 bits per heavy atom. The van der Waals surface area contributed by atoms with E-state index < -0.39 is 0 Å². The molecular formula is C19H18ClN3O3. The normalized spacial score (nSPS) is 10.4. The van der Waals surface area contributed by atoms with Gasteiger partial charge in [0.1, 0.15) is 6.61 Å². The number of methoxy groups -OCH3 is 1. The topological polar surface area (TPSA) is 65.4 Å². The maximum Gasteiger partial charge on any atom is 0.271 e. The van der Waals surface area contributed by atoms with E-state index in [1.54, 1.807) is 30.1 Å². The largest absolute Gasteiger partial charge is 0.493 e. The zero-order chi connectivity index (χ0) is 18.4. The van der Waals surface area contributed by atoms with Crippen LogP contribution in [0.5, 0.6) is 11.5 Å². The third-order valence-electron chi connectivity index (χ3n) is 3.64. The zero-order valence-corrected chi connectivity index (χ0v) is 14.9. The van der Waals surface area contributed by atoms with Crippen LogP contribution in [0.2, 0.25) is 5.02 Å². The summed E-state index contributed by atoms with van der Waals surface area (Å²) in [5, 5.41) is 7.60. The minimum atomic E-state index is -0.278. The molecule has 0 aliphatic carbocycles. The molecule has 0 atom stereocenters. The van der Waals surface area contributed by atoms with E-state index in [-0.39, 0.29) is 5.91 Å². The summed E-state index contributed by atoms with van der Waals surface area (Å²) in [7, 11) is 1.58. The molecule has 0 saturated carbocycles. The number of amides is 1. The molecule has 2 aromatic carbocycles. The predicted molar refractivity (Wildman–Crippen MR) is 99.4 cm³/mol. The van der Waals surface area contributed by atoms with Crippen LogP contribution < -0.4 is 14.8 Å². The summed E-state index contributed by atoms with van der Waals surface area (Å²) < 4.78 is 12.4. The number of hydrogen-bond acceptors (Lipinski definition) is 4. The first-order valence-electron chi connectivity index (χ1n) is 8.03. The third-order valence-corrected chi connectivity index (χ3v) is 3.95. The van der Waals surface area contributed by atoms with E-state index in [0.29, 0.717) is 41.1 Å². The number of nitrogens with zero attached hydrogens (tertiary/aromatic N) is 2. The van der Waals surface area contributed by atoms with Gasteiger partial charge in [-0.3, -0.25) is 4.79 Å². The van der Waals surface area contributed by atoms with E-state index in [0.717, 1.165) is 0 Å². The van der Waals surface area contributed by atoms with Crippen molar-refractivity contribution >= 4 is 17.5 Å². The second-order valence-corrected chi connectivity index (χ2v) is 5.76. The van der Waals surface area contributed by atoms with E-state index in [2.05, 4.69) is 10.4 Å². The van der Waals surface area contributed by atoms with Gasteiger partial charge in [0.2, 0.25) is 0 Å². The number of ether oxygens (including phenoxy) is 2. The first-order chi connectivity index (χ1) is 12.7. The molecule has 0 saturated heterocycles. The van der Waals surface area contributed by atoms with E-state index in [9.17, 15) is 4.79 Å². The summed E-state index contributed by atoms with van der Waals surface area (Å²) in [5.41, 5.74) is 1.02. The number of rotatable bonds is 7. The SMILES string of the molecule is COc1ccccc1OCCNC(=O)c1ccn(-c2ccccc2Cl)n1. The molecule has 6 nitrogen and oxygen atoms in total. The summed E-state index contributed by atoms with van der Waals surface area (Å²) in [4.78, 5) is 12.2. The Balaban J connectivity index is 1.54. The van der Waals surface area contributed by atoms with Gasteiger partial charge in [0.25, 0.3) is 5.91 Å². The lowest BCUT2D eigenvalue weighted by Gasteiger charge is -2.10. The molecule has 0 fully saturated rings. The maximum absolute atomic E-state index is 12.2. The van der Waals surface area contributed by atoms with Crippen molar-refractivity contribution in [3.05, 3.63) is 71.5 Å². The zero-order valence-electron chi connectivity index (χ0n) is 14.2. The maximum atomic E-state index is 12.2. The molecule has 0 aliphatic heterocycles. The summed E-state index contributed by atoms with van der Waals surface area (Å²) >= 11 is 6.14. The Morgan fingerprint density at radius 1 is 1.12 bits per heavy atom. The van der Waals surface area contributed by atoms with Gasteiger partial charge >= 0.3 is 0 Å². The Hall–Kier alpha value is -2.99. The smallest absolute Gasteiger partial charge is 0.271 e. The van der Waals surface area contributed by atoms with Crippen molar-refractivity contribution in [3.8, 4) is 17.2 Å². The number of hydrogen-bond donors (Lipinski definition) is 1. The van der Waals surface area contributed by atoms with Gasteiger partial charge < -0.3 is 14.8 Å². The molecule has 0 bridgehead atoms. The molecule has 3 rings (SSSR count). The number of nitrogens with one attached hydrogen (secondary N) is 1. The lowest BCUT2D eigenvalue weighted by atomic mass is 10.3. The monoisotopic (exact) mass is 371 g/mol. The van der Waals surface area contributed by atoms with Crippen LogP contribution in [0.4, 0.5) is 0 Å². The standard InChI is InChI=1S/C19H18ClN3O3/c1-25-17-8-4-5-9-18(17)26-13-11-21-19(24)15-10-12-23(22-15)16-7-3-2-6-14(16)20/h2-10,12H,11,13H2,1H3,(H,21,24). The van der Waals surface area contributed by atoms with Crippen LogP contribution in [0, 0.1) is 0 Å². The van der Waals surface area contributed by atoms with Crippen LogP contribution in [-0.4, -0.2) is 35.9 Å². The highest BCUT2D eigenvalue weighted by Gasteiger charge is 2.11. The molecule has 0 spiro atoms. The van der Waals surface area contributed by atoms with Gasteiger partial charge in [0.15, 0.2) is 17.2 Å². The van der Waals surface area contributed by atoms with Crippen molar-refractivity contribution in [2.75, 3.05) is 20.3 Å². The van der Waals surface area contributed by atoms with E-state index in [1.807, 2.05) is 42.5 Å². The molecule has 1 heterocycles.